The van der Waals surface area contributed by atoms with Gasteiger partial charge in [-0.25, -0.2) is 0 Å². The molecule has 0 aromatic heterocycles. The quantitative estimate of drug-likeness (QED) is 0.451. The Hall–Kier alpha value is -2.27. The molecule has 0 aliphatic rings. The van der Waals surface area contributed by atoms with Crippen molar-refractivity contribution in [3.05, 3.63) is 71.3 Å². The fourth-order valence-corrected chi connectivity index (χ4v) is 2.35. The lowest BCUT2D eigenvalue weighted by atomic mass is 10.3. The van der Waals surface area contributed by atoms with Crippen LogP contribution in [0.2, 0.25) is 0 Å². The van der Waals surface area contributed by atoms with Crippen LogP contribution in [-0.4, -0.2) is 11.5 Å². The number of hydrogen-bond donors (Lipinski definition) is 0. The Balaban J connectivity index is 2.02. The van der Waals surface area contributed by atoms with Gasteiger partial charge in [-0.3, -0.25) is 10.1 Å². The maximum Gasteiger partial charge on any atom is 0.269 e. The van der Waals surface area contributed by atoms with E-state index < -0.39 is 4.92 Å². The van der Waals surface area contributed by atoms with E-state index in [0.29, 0.717) is 6.61 Å². The summed E-state index contributed by atoms with van der Waals surface area (Å²) in [7, 11) is 0. The lowest BCUT2D eigenvalue weighted by molar-refractivity contribution is -0.384. The van der Waals surface area contributed by atoms with Crippen molar-refractivity contribution in [3.63, 3.8) is 0 Å². The van der Waals surface area contributed by atoms with E-state index in [2.05, 4.69) is 6.58 Å². The SMILES string of the molecule is C=CCOc1ccc(Sc2ccc([N+](=O)[O-])cc2)cc1. The third-order valence-electron chi connectivity index (χ3n) is 2.47. The predicted molar refractivity (Wildman–Crippen MR) is 79.4 cm³/mol. The first-order valence-corrected chi connectivity index (χ1v) is 6.77. The Morgan fingerprint density at radius 2 is 1.65 bits per heavy atom. The van der Waals surface area contributed by atoms with Crippen molar-refractivity contribution in [1.29, 1.82) is 0 Å². The number of benzene rings is 2. The first-order valence-electron chi connectivity index (χ1n) is 5.95. The summed E-state index contributed by atoms with van der Waals surface area (Å²) in [5, 5.41) is 10.6. The van der Waals surface area contributed by atoms with Crippen molar-refractivity contribution in [2.45, 2.75) is 9.79 Å². The highest BCUT2D eigenvalue weighted by atomic mass is 32.2. The summed E-state index contributed by atoms with van der Waals surface area (Å²) < 4.78 is 5.40. The van der Waals surface area contributed by atoms with Crippen molar-refractivity contribution in [3.8, 4) is 5.75 Å². The topological polar surface area (TPSA) is 52.4 Å². The van der Waals surface area contributed by atoms with E-state index in [1.54, 1.807) is 30.0 Å². The van der Waals surface area contributed by atoms with Crippen LogP contribution in [0.15, 0.2) is 71.0 Å². The summed E-state index contributed by atoms with van der Waals surface area (Å²) in [5.41, 5.74) is 0.0996. The molecule has 4 nitrogen and oxygen atoms in total. The van der Waals surface area contributed by atoms with Gasteiger partial charge in [0.25, 0.3) is 5.69 Å². The van der Waals surface area contributed by atoms with Crippen LogP contribution in [0, 0.1) is 10.1 Å². The van der Waals surface area contributed by atoms with E-state index in [4.69, 9.17) is 4.74 Å². The molecule has 0 unspecified atom stereocenters. The van der Waals surface area contributed by atoms with Crippen LogP contribution >= 0.6 is 11.8 Å². The smallest absolute Gasteiger partial charge is 0.269 e. The van der Waals surface area contributed by atoms with Crippen LogP contribution in [0.3, 0.4) is 0 Å². The Morgan fingerprint density at radius 3 is 2.15 bits per heavy atom. The highest BCUT2D eigenvalue weighted by molar-refractivity contribution is 7.99. The molecule has 0 saturated carbocycles. The van der Waals surface area contributed by atoms with E-state index in [0.717, 1.165) is 15.5 Å². The minimum atomic E-state index is -0.403. The standard InChI is InChI=1S/C15H13NO3S/c1-2-11-19-13-5-9-15(10-6-13)20-14-7-3-12(4-8-14)16(17)18/h2-10H,1,11H2. The molecule has 0 amide bonds. The fraction of sp³-hybridized carbons (Fsp3) is 0.0667. The second kappa shape index (κ2) is 6.77. The summed E-state index contributed by atoms with van der Waals surface area (Å²) in [6, 6.07) is 14.2. The lowest BCUT2D eigenvalue weighted by Gasteiger charge is -2.05. The Morgan fingerprint density at radius 1 is 1.10 bits per heavy atom. The first-order chi connectivity index (χ1) is 9.69. The monoisotopic (exact) mass is 287 g/mol. The highest BCUT2D eigenvalue weighted by Crippen LogP contribution is 2.30. The fourth-order valence-electron chi connectivity index (χ4n) is 1.53. The molecular weight excluding hydrogens is 274 g/mol. The van der Waals surface area contributed by atoms with Gasteiger partial charge in [0.1, 0.15) is 12.4 Å². The van der Waals surface area contributed by atoms with Crippen LogP contribution < -0.4 is 4.74 Å². The molecule has 0 aliphatic heterocycles. The minimum absolute atomic E-state index is 0.0996. The van der Waals surface area contributed by atoms with E-state index in [1.807, 2.05) is 24.3 Å². The van der Waals surface area contributed by atoms with Crippen LogP contribution in [-0.2, 0) is 0 Å². The molecule has 0 fully saturated rings. The molecule has 0 N–H and O–H groups in total. The Kier molecular flexibility index (Phi) is 4.79. The van der Waals surface area contributed by atoms with Crippen molar-refractivity contribution < 1.29 is 9.66 Å². The number of nitro groups is 1. The van der Waals surface area contributed by atoms with Crippen LogP contribution in [0.25, 0.3) is 0 Å². The average molecular weight is 287 g/mol. The van der Waals surface area contributed by atoms with E-state index in [9.17, 15) is 10.1 Å². The summed E-state index contributed by atoms with van der Waals surface area (Å²) in [5.74, 6) is 0.790. The molecular formula is C15H13NO3S. The third kappa shape index (κ3) is 3.86. The van der Waals surface area contributed by atoms with Crippen LogP contribution in [0.1, 0.15) is 0 Å². The van der Waals surface area contributed by atoms with Gasteiger partial charge in [0, 0.05) is 21.9 Å². The zero-order valence-electron chi connectivity index (χ0n) is 10.7. The zero-order chi connectivity index (χ0) is 14.4. The predicted octanol–water partition coefficient (Wildman–Crippen LogP) is 4.31. The Bertz CT molecular complexity index is 594. The summed E-state index contributed by atoms with van der Waals surface area (Å²) in [6.07, 6.45) is 1.69. The highest BCUT2D eigenvalue weighted by Gasteiger charge is 2.05. The number of ether oxygens (including phenoxy) is 1. The van der Waals surface area contributed by atoms with Crippen molar-refractivity contribution in [2.75, 3.05) is 6.61 Å². The number of nitro benzene ring substituents is 1. The number of rotatable bonds is 6. The first kappa shape index (κ1) is 14.1. The molecule has 2 aromatic rings. The summed E-state index contributed by atoms with van der Waals surface area (Å²) in [6.45, 7) is 4.07. The van der Waals surface area contributed by atoms with Gasteiger partial charge in [0.05, 0.1) is 4.92 Å². The molecule has 0 atom stereocenters. The van der Waals surface area contributed by atoms with Gasteiger partial charge < -0.3 is 4.74 Å². The largest absolute Gasteiger partial charge is 0.490 e. The summed E-state index contributed by atoms with van der Waals surface area (Å²) in [4.78, 5) is 12.2. The lowest BCUT2D eigenvalue weighted by Crippen LogP contribution is -1.91. The van der Waals surface area contributed by atoms with Crippen molar-refractivity contribution in [2.24, 2.45) is 0 Å². The van der Waals surface area contributed by atoms with Gasteiger partial charge in [-0.05, 0) is 36.4 Å². The van der Waals surface area contributed by atoms with Crippen molar-refractivity contribution in [1.82, 2.24) is 0 Å². The molecule has 0 aliphatic carbocycles. The molecule has 102 valence electrons. The number of nitrogens with zero attached hydrogens (tertiary/aromatic N) is 1. The van der Waals surface area contributed by atoms with Gasteiger partial charge in [-0.15, -0.1) is 0 Å². The van der Waals surface area contributed by atoms with E-state index in [1.165, 1.54) is 12.1 Å². The molecule has 2 aromatic carbocycles. The van der Waals surface area contributed by atoms with Crippen LogP contribution in [0.5, 0.6) is 5.75 Å². The van der Waals surface area contributed by atoms with Gasteiger partial charge in [-0.1, -0.05) is 24.4 Å². The molecule has 0 spiro atoms. The van der Waals surface area contributed by atoms with Gasteiger partial charge in [0.2, 0.25) is 0 Å². The second-order valence-electron chi connectivity index (χ2n) is 3.92. The van der Waals surface area contributed by atoms with Gasteiger partial charge in [-0.2, -0.15) is 0 Å². The normalized spacial score (nSPS) is 10.0. The molecule has 0 heterocycles. The summed E-state index contributed by atoms with van der Waals surface area (Å²) >= 11 is 1.54. The third-order valence-corrected chi connectivity index (χ3v) is 3.49. The number of non-ortho nitro benzene ring substituents is 1. The maximum atomic E-state index is 10.6. The molecule has 5 heteroatoms. The molecule has 20 heavy (non-hydrogen) atoms. The van der Waals surface area contributed by atoms with Gasteiger partial charge >= 0.3 is 0 Å². The van der Waals surface area contributed by atoms with E-state index >= 15 is 0 Å². The molecule has 2 rings (SSSR count). The van der Waals surface area contributed by atoms with Gasteiger partial charge in [0.15, 0.2) is 0 Å². The van der Waals surface area contributed by atoms with Crippen molar-refractivity contribution >= 4 is 17.4 Å². The number of hydrogen-bond acceptors (Lipinski definition) is 4. The van der Waals surface area contributed by atoms with Crippen LogP contribution in [0.4, 0.5) is 5.69 Å². The molecule has 0 saturated heterocycles. The maximum absolute atomic E-state index is 10.6. The average Bonchev–Trinajstić information content (AvgIpc) is 2.47. The molecule has 0 radical (unpaired) electrons. The Labute approximate surface area is 121 Å². The molecule has 0 bridgehead atoms. The van der Waals surface area contributed by atoms with E-state index in [-0.39, 0.29) is 5.69 Å². The zero-order valence-corrected chi connectivity index (χ0v) is 11.5. The second-order valence-corrected chi connectivity index (χ2v) is 5.07. The minimum Gasteiger partial charge on any atom is -0.490 e.